The summed E-state index contributed by atoms with van der Waals surface area (Å²) in [5.41, 5.74) is 6.27. The first kappa shape index (κ1) is 9.27. The maximum atomic E-state index is 10.8. The molecule has 1 aromatic rings. The number of benzene rings is 1. The van der Waals surface area contributed by atoms with E-state index >= 15 is 0 Å². The van der Waals surface area contributed by atoms with Crippen molar-refractivity contribution in [1.29, 1.82) is 5.26 Å². The summed E-state index contributed by atoms with van der Waals surface area (Å²) in [4.78, 5) is 10.8. The molecule has 13 heavy (non-hydrogen) atoms. The first-order valence-corrected chi connectivity index (χ1v) is 3.64. The van der Waals surface area contributed by atoms with Crippen LogP contribution in [0.5, 0.6) is 0 Å². The Morgan fingerprint density at radius 2 is 2.23 bits per heavy atom. The van der Waals surface area contributed by atoms with Gasteiger partial charge in [0.05, 0.1) is 6.07 Å². The van der Waals surface area contributed by atoms with Crippen molar-refractivity contribution in [1.82, 2.24) is 0 Å². The number of hydrogen-bond acceptors (Lipinski definition) is 2. The molecule has 1 rings (SSSR count). The summed E-state index contributed by atoms with van der Waals surface area (Å²) in [7, 11) is 0. The normalized spacial score (nSPS) is 9.62. The smallest absolute Gasteiger partial charge is 0.245 e. The molecular formula is C10H8N2O. The largest absolute Gasteiger partial charge is 0.368 e. The van der Waals surface area contributed by atoms with Crippen LogP contribution in [0.25, 0.3) is 0 Å². The molecule has 0 aliphatic heterocycles. The molecule has 0 aromatic heterocycles. The van der Waals surface area contributed by atoms with Crippen molar-refractivity contribution in [3.05, 3.63) is 48.2 Å². The van der Waals surface area contributed by atoms with Gasteiger partial charge < -0.3 is 5.73 Å². The van der Waals surface area contributed by atoms with E-state index < -0.39 is 5.91 Å². The minimum absolute atomic E-state index is 0.0366. The fourth-order valence-electron chi connectivity index (χ4n) is 0.989. The average molecular weight is 172 g/mol. The van der Waals surface area contributed by atoms with Crippen molar-refractivity contribution in [3.63, 3.8) is 0 Å². The van der Waals surface area contributed by atoms with E-state index in [1.807, 2.05) is 0 Å². The van der Waals surface area contributed by atoms with Crippen molar-refractivity contribution in [2.75, 3.05) is 0 Å². The van der Waals surface area contributed by atoms with Crippen molar-refractivity contribution < 1.29 is 4.79 Å². The number of amides is 1. The van der Waals surface area contributed by atoms with E-state index in [1.165, 1.54) is 0 Å². The van der Waals surface area contributed by atoms with Gasteiger partial charge in [-0.3, -0.25) is 4.79 Å². The fraction of sp³-hybridized carbons (Fsp3) is 0. The van der Waals surface area contributed by atoms with E-state index in [0.29, 0.717) is 5.56 Å². The lowest BCUT2D eigenvalue weighted by Crippen LogP contribution is -2.20. The van der Waals surface area contributed by atoms with Crippen LogP contribution in [-0.4, -0.2) is 5.91 Å². The molecule has 2 N–H and O–H groups in total. The highest BCUT2D eigenvalue weighted by Gasteiger charge is 2.17. The molecule has 0 fully saturated rings. The van der Waals surface area contributed by atoms with Gasteiger partial charge in [0.1, 0.15) is 0 Å². The van der Waals surface area contributed by atoms with E-state index in [4.69, 9.17) is 11.0 Å². The molecule has 0 heterocycles. The van der Waals surface area contributed by atoms with E-state index in [-0.39, 0.29) is 5.92 Å². The van der Waals surface area contributed by atoms with Gasteiger partial charge in [-0.2, -0.15) is 5.26 Å². The third-order valence-electron chi connectivity index (χ3n) is 1.57. The summed E-state index contributed by atoms with van der Waals surface area (Å²) in [5.74, 6) is -0.751. The van der Waals surface area contributed by atoms with Crippen LogP contribution in [-0.2, 0) is 4.79 Å². The topological polar surface area (TPSA) is 66.9 Å². The number of carbonyl (C=O) groups excluding carboxylic acids is 1. The molecule has 0 unspecified atom stereocenters. The number of nitrogens with zero attached hydrogens (tertiary/aromatic N) is 1. The van der Waals surface area contributed by atoms with Gasteiger partial charge in [-0.1, -0.05) is 24.3 Å². The van der Waals surface area contributed by atoms with Gasteiger partial charge in [-0.15, -0.1) is 0 Å². The van der Waals surface area contributed by atoms with Gasteiger partial charge in [-0.25, -0.2) is 0 Å². The Morgan fingerprint density at radius 3 is 2.69 bits per heavy atom. The molecule has 2 radical (unpaired) electrons. The van der Waals surface area contributed by atoms with Crippen LogP contribution in [0.1, 0.15) is 11.1 Å². The summed E-state index contributed by atoms with van der Waals surface area (Å²) >= 11 is 0. The fourth-order valence-corrected chi connectivity index (χ4v) is 0.989. The van der Waals surface area contributed by atoms with Crippen LogP contribution in [0.3, 0.4) is 0 Å². The Morgan fingerprint density at radius 1 is 1.54 bits per heavy atom. The summed E-state index contributed by atoms with van der Waals surface area (Å²) in [5, 5.41) is 8.63. The number of hydrogen-bond donors (Lipinski definition) is 1. The number of carbonyl (C=O) groups is 1. The highest BCUT2D eigenvalue weighted by molar-refractivity contribution is 5.96. The Labute approximate surface area is 76.8 Å². The van der Waals surface area contributed by atoms with E-state index in [0.717, 1.165) is 5.56 Å². The SMILES string of the molecule is [CH2]c1cccc([C](C#N)C(N)=O)c1. The van der Waals surface area contributed by atoms with E-state index in [9.17, 15) is 4.79 Å². The third kappa shape index (κ3) is 2.06. The lowest BCUT2D eigenvalue weighted by atomic mass is 9.98. The lowest BCUT2D eigenvalue weighted by molar-refractivity contribution is -0.115. The monoisotopic (exact) mass is 172 g/mol. The van der Waals surface area contributed by atoms with Gasteiger partial charge in [0.2, 0.25) is 5.91 Å². The highest BCUT2D eigenvalue weighted by Crippen LogP contribution is 2.14. The zero-order valence-electron chi connectivity index (χ0n) is 6.95. The van der Waals surface area contributed by atoms with E-state index in [1.54, 1.807) is 30.3 Å². The second kappa shape index (κ2) is 3.72. The van der Waals surface area contributed by atoms with Crippen molar-refractivity contribution in [3.8, 4) is 6.07 Å². The Balaban J connectivity index is 3.07. The molecule has 0 saturated heterocycles. The summed E-state index contributed by atoms with van der Waals surface area (Å²) in [6, 6.07) is 8.55. The average Bonchev–Trinajstić information content (AvgIpc) is 2.04. The molecule has 0 aliphatic carbocycles. The van der Waals surface area contributed by atoms with Gasteiger partial charge >= 0.3 is 0 Å². The van der Waals surface area contributed by atoms with Crippen LogP contribution in [0.15, 0.2) is 24.3 Å². The Kier molecular flexibility index (Phi) is 2.65. The minimum Gasteiger partial charge on any atom is -0.368 e. The minimum atomic E-state index is -0.715. The summed E-state index contributed by atoms with van der Waals surface area (Å²) in [6.07, 6.45) is 0. The molecule has 64 valence electrons. The molecule has 3 heteroatoms. The molecule has 1 amide bonds. The second-order valence-electron chi connectivity index (χ2n) is 2.55. The predicted molar refractivity (Wildman–Crippen MR) is 48.1 cm³/mol. The maximum absolute atomic E-state index is 10.8. The molecule has 0 saturated carbocycles. The zero-order valence-corrected chi connectivity index (χ0v) is 6.95. The molecule has 0 spiro atoms. The molecule has 0 atom stereocenters. The number of primary amides is 1. The molecule has 0 aliphatic rings. The molecule has 0 bridgehead atoms. The predicted octanol–water partition coefficient (Wildman–Crippen LogP) is 0.800. The lowest BCUT2D eigenvalue weighted by Gasteiger charge is -2.03. The number of rotatable bonds is 2. The van der Waals surface area contributed by atoms with Gasteiger partial charge in [-0.05, 0) is 18.1 Å². The summed E-state index contributed by atoms with van der Waals surface area (Å²) in [6.45, 7) is 3.68. The van der Waals surface area contributed by atoms with E-state index in [2.05, 4.69) is 6.92 Å². The first-order chi connectivity index (χ1) is 6.15. The van der Waals surface area contributed by atoms with Gasteiger partial charge in [0.15, 0.2) is 5.92 Å². The molecule has 3 nitrogen and oxygen atoms in total. The van der Waals surface area contributed by atoms with Gasteiger partial charge in [0, 0.05) is 0 Å². The number of nitriles is 1. The Hall–Kier alpha value is -1.82. The van der Waals surface area contributed by atoms with Crippen molar-refractivity contribution >= 4 is 5.91 Å². The summed E-state index contributed by atoms with van der Waals surface area (Å²) < 4.78 is 0. The van der Waals surface area contributed by atoms with Crippen molar-refractivity contribution in [2.24, 2.45) is 5.73 Å². The Bertz CT molecular complexity index is 365. The number of nitrogens with two attached hydrogens (primary N) is 1. The quantitative estimate of drug-likeness (QED) is 0.716. The van der Waals surface area contributed by atoms with Gasteiger partial charge in [0.25, 0.3) is 0 Å². The second-order valence-corrected chi connectivity index (χ2v) is 2.55. The van der Waals surface area contributed by atoms with Crippen molar-refractivity contribution in [2.45, 2.75) is 0 Å². The molecular weight excluding hydrogens is 164 g/mol. The van der Waals surface area contributed by atoms with Crippen LogP contribution >= 0.6 is 0 Å². The van der Waals surface area contributed by atoms with Crippen LogP contribution in [0.4, 0.5) is 0 Å². The van der Waals surface area contributed by atoms with Crippen LogP contribution in [0.2, 0.25) is 0 Å². The first-order valence-electron chi connectivity index (χ1n) is 3.64. The standard InChI is InChI=1S/C10H8N2O/c1-7-3-2-4-8(5-7)9(6-11)10(12)13/h2-5H,1H2,(H2,12,13). The maximum Gasteiger partial charge on any atom is 0.245 e. The highest BCUT2D eigenvalue weighted by atomic mass is 16.1. The molecule has 1 aromatic carbocycles. The van der Waals surface area contributed by atoms with Crippen LogP contribution < -0.4 is 5.73 Å². The van der Waals surface area contributed by atoms with Crippen LogP contribution in [0, 0.1) is 24.2 Å². The zero-order chi connectivity index (χ0) is 9.84. The third-order valence-corrected chi connectivity index (χ3v) is 1.57.